The third kappa shape index (κ3) is 2.66. The van der Waals surface area contributed by atoms with Crippen molar-refractivity contribution in [3.05, 3.63) is 35.0 Å². The molecule has 0 aliphatic carbocycles. The highest BCUT2D eigenvalue weighted by atomic mass is 19.4. The zero-order valence-electron chi connectivity index (χ0n) is 9.63. The van der Waals surface area contributed by atoms with Crippen LogP contribution in [-0.2, 0) is 18.5 Å². The fourth-order valence-corrected chi connectivity index (χ4v) is 2.01. The van der Waals surface area contributed by atoms with Crippen LogP contribution in [0.1, 0.15) is 16.7 Å². The number of H-pyrrole nitrogens is 1. The van der Waals surface area contributed by atoms with E-state index in [0.717, 1.165) is 12.3 Å². The highest BCUT2D eigenvalue weighted by Gasteiger charge is 2.51. The van der Waals surface area contributed by atoms with Crippen LogP contribution in [-0.4, -0.2) is 4.98 Å². The van der Waals surface area contributed by atoms with Gasteiger partial charge in [-0.3, -0.25) is 0 Å². The Kier molecular flexibility index (Phi) is 3.19. The van der Waals surface area contributed by atoms with E-state index < -0.39 is 46.1 Å². The van der Waals surface area contributed by atoms with Crippen LogP contribution in [0.5, 0.6) is 0 Å². The van der Waals surface area contributed by atoms with E-state index in [2.05, 4.69) is 0 Å². The van der Waals surface area contributed by atoms with Crippen LogP contribution in [0.25, 0.3) is 10.9 Å². The van der Waals surface area contributed by atoms with Crippen LogP contribution in [0, 0.1) is 0 Å². The lowest BCUT2D eigenvalue weighted by Gasteiger charge is -2.21. The van der Waals surface area contributed by atoms with Crippen molar-refractivity contribution in [2.45, 2.75) is 18.5 Å². The predicted octanol–water partition coefficient (Wildman–Crippen LogP) is 5.22. The molecule has 0 bridgehead atoms. The van der Waals surface area contributed by atoms with E-state index >= 15 is 0 Å². The minimum Gasteiger partial charge on any atom is -0.361 e. The summed E-state index contributed by atoms with van der Waals surface area (Å²) in [5.74, 6) is 0. The average Bonchev–Trinajstić information content (AvgIpc) is 2.69. The van der Waals surface area contributed by atoms with Gasteiger partial charge in [0.2, 0.25) is 0 Å². The van der Waals surface area contributed by atoms with E-state index in [4.69, 9.17) is 0 Å². The van der Waals surface area contributed by atoms with Crippen LogP contribution < -0.4 is 0 Å². The number of aromatic nitrogens is 1. The SMILES string of the molecule is FC(F)(F)c1cc2cc[nH]c2c(C(F)(F)F)c1C(F)(F)F. The summed E-state index contributed by atoms with van der Waals surface area (Å²) >= 11 is 0. The first-order valence-electron chi connectivity index (χ1n) is 5.19. The van der Waals surface area contributed by atoms with Crippen LogP contribution >= 0.6 is 0 Å². The van der Waals surface area contributed by atoms with Crippen molar-refractivity contribution >= 4 is 10.9 Å². The van der Waals surface area contributed by atoms with Gasteiger partial charge in [0.15, 0.2) is 0 Å². The Morgan fingerprint density at radius 3 is 1.67 bits per heavy atom. The van der Waals surface area contributed by atoms with Crippen LogP contribution in [0.2, 0.25) is 0 Å². The lowest BCUT2D eigenvalue weighted by atomic mass is 9.96. The number of rotatable bonds is 0. The summed E-state index contributed by atoms with van der Waals surface area (Å²) in [5, 5.41) is -0.609. The van der Waals surface area contributed by atoms with E-state index in [9.17, 15) is 39.5 Å². The monoisotopic (exact) mass is 321 g/mol. The molecule has 0 saturated carbocycles. The number of nitrogens with one attached hydrogen (secondary N) is 1. The average molecular weight is 321 g/mol. The predicted molar refractivity (Wildman–Crippen MR) is 53.3 cm³/mol. The van der Waals surface area contributed by atoms with E-state index in [1.165, 1.54) is 0 Å². The molecule has 0 unspecified atom stereocenters. The van der Waals surface area contributed by atoms with Crippen molar-refractivity contribution in [2.75, 3.05) is 0 Å². The van der Waals surface area contributed by atoms with Crippen LogP contribution in [0.15, 0.2) is 18.3 Å². The number of aromatic amines is 1. The Balaban J connectivity index is 3.04. The Hall–Kier alpha value is -1.87. The molecule has 0 atom stereocenters. The van der Waals surface area contributed by atoms with Gasteiger partial charge in [0.05, 0.1) is 22.2 Å². The molecule has 0 aliphatic heterocycles. The fraction of sp³-hybridized carbons (Fsp3) is 0.273. The second-order valence-electron chi connectivity index (χ2n) is 4.11. The largest absolute Gasteiger partial charge is 0.419 e. The Labute approximate surface area is 110 Å². The molecule has 21 heavy (non-hydrogen) atoms. The summed E-state index contributed by atoms with van der Waals surface area (Å²) in [5.41, 5.74) is -8.51. The molecular weight excluding hydrogens is 317 g/mol. The second kappa shape index (κ2) is 4.31. The van der Waals surface area contributed by atoms with Crippen molar-refractivity contribution in [3.63, 3.8) is 0 Å². The highest BCUT2D eigenvalue weighted by Crippen LogP contribution is 2.49. The third-order valence-corrected chi connectivity index (χ3v) is 2.72. The molecule has 10 heteroatoms. The first-order chi connectivity index (χ1) is 9.33. The van der Waals surface area contributed by atoms with Gasteiger partial charge in [-0.05, 0) is 12.1 Å². The number of hydrogen-bond donors (Lipinski definition) is 1. The lowest BCUT2D eigenvalue weighted by Crippen LogP contribution is -2.23. The Morgan fingerprint density at radius 1 is 0.714 bits per heavy atom. The molecule has 0 saturated heterocycles. The van der Waals surface area contributed by atoms with Crippen molar-refractivity contribution < 1.29 is 39.5 Å². The van der Waals surface area contributed by atoms with Crippen molar-refractivity contribution in [2.24, 2.45) is 0 Å². The lowest BCUT2D eigenvalue weighted by molar-refractivity contribution is -0.174. The Bertz CT molecular complexity index is 672. The van der Waals surface area contributed by atoms with Gasteiger partial charge >= 0.3 is 18.5 Å². The maximum Gasteiger partial charge on any atom is 0.419 e. The standard InChI is InChI=1S/C11H4F9N/c12-9(13,14)5-3-4-1-2-21-8(4)7(11(18,19)20)6(5)10(15,16)17/h1-3,21H. The fourth-order valence-electron chi connectivity index (χ4n) is 2.01. The molecule has 2 rings (SSSR count). The highest BCUT2D eigenvalue weighted by molar-refractivity contribution is 5.86. The van der Waals surface area contributed by atoms with Crippen molar-refractivity contribution in [1.82, 2.24) is 4.98 Å². The number of halogens is 9. The summed E-state index contributed by atoms with van der Waals surface area (Å²) in [7, 11) is 0. The molecule has 116 valence electrons. The van der Waals surface area contributed by atoms with Crippen LogP contribution in [0.4, 0.5) is 39.5 Å². The minimum atomic E-state index is -5.81. The molecule has 1 aromatic heterocycles. The van der Waals surface area contributed by atoms with Gasteiger partial charge in [-0.15, -0.1) is 0 Å². The Morgan fingerprint density at radius 2 is 1.24 bits per heavy atom. The smallest absolute Gasteiger partial charge is 0.361 e. The number of benzene rings is 1. The summed E-state index contributed by atoms with van der Waals surface area (Å²) in [6.45, 7) is 0. The second-order valence-corrected chi connectivity index (χ2v) is 4.11. The zero-order chi connectivity index (χ0) is 16.2. The molecule has 1 N–H and O–H groups in total. The maximum atomic E-state index is 12.9. The number of fused-ring (bicyclic) bond motifs is 1. The molecule has 0 radical (unpaired) electrons. The van der Waals surface area contributed by atoms with E-state index in [1.54, 1.807) is 0 Å². The first kappa shape index (κ1) is 15.5. The molecule has 1 aromatic carbocycles. The maximum absolute atomic E-state index is 12.9. The minimum absolute atomic E-state index is 0.0455. The third-order valence-electron chi connectivity index (χ3n) is 2.72. The summed E-state index contributed by atoms with van der Waals surface area (Å²) < 4.78 is 115. The first-order valence-corrected chi connectivity index (χ1v) is 5.19. The summed E-state index contributed by atoms with van der Waals surface area (Å²) in [6.07, 6.45) is -16.2. The van der Waals surface area contributed by atoms with Gasteiger partial charge in [-0.25, -0.2) is 0 Å². The molecule has 1 heterocycles. The van der Waals surface area contributed by atoms with Gasteiger partial charge in [-0.1, -0.05) is 0 Å². The van der Waals surface area contributed by atoms with Gasteiger partial charge in [0.25, 0.3) is 0 Å². The number of alkyl halides is 9. The quantitative estimate of drug-likeness (QED) is 0.640. The van der Waals surface area contributed by atoms with Crippen molar-refractivity contribution in [1.29, 1.82) is 0 Å². The molecule has 0 amide bonds. The van der Waals surface area contributed by atoms with E-state index in [1.807, 2.05) is 4.98 Å². The zero-order valence-corrected chi connectivity index (χ0v) is 9.63. The normalized spacial score (nSPS) is 14.0. The van der Waals surface area contributed by atoms with Gasteiger partial charge in [0, 0.05) is 11.6 Å². The molecule has 2 aromatic rings. The van der Waals surface area contributed by atoms with E-state index in [-0.39, 0.29) is 6.07 Å². The number of hydrogen-bond acceptors (Lipinski definition) is 0. The van der Waals surface area contributed by atoms with Gasteiger partial charge in [0.1, 0.15) is 0 Å². The molecule has 0 aliphatic rings. The summed E-state index contributed by atoms with van der Waals surface area (Å²) in [6, 6.07) is 0.879. The van der Waals surface area contributed by atoms with Gasteiger partial charge in [-0.2, -0.15) is 39.5 Å². The van der Waals surface area contributed by atoms with Crippen LogP contribution in [0.3, 0.4) is 0 Å². The van der Waals surface area contributed by atoms with E-state index in [0.29, 0.717) is 0 Å². The molecular formula is C11H4F9N. The summed E-state index contributed by atoms with van der Waals surface area (Å²) in [4.78, 5) is 1.90. The van der Waals surface area contributed by atoms with Gasteiger partial charge < -0.3 is 4.98 Å². The molecule has 0 spiro atoms. The molecule has 1 nitrogen and oxygen atoms in total. The van der Waals surface area contributed by atoms with Crippen molar-refractivity contribution in [3.8, 4) is 0 Å². The molecule has 0 fully saturated rings. The topological polar surface area (TPSA) is 15.8 Å².